The first-order valence-corrected chi connectivity index (χ1v) is 10.3. The van der Waals surface area contributed by atoms with Gasteiger partial charge in [-0.3, -0.25) is 4.79 Å². The van der Waals surface area contributed by atoms with Crippen molar-refractivity contribution in [3.63, 3.8) is 0 Å². The van der Waals surface area contributed by atoms with Gasteiger partial charge in [0.2, 0.25) is 6.79 Å². The number of fused-ring (bicyclic) bond motifs is 1. The van der Waals surface area contributed by atoms with Crippen LogP contribution < -0.4 is 14.2 Å². The van der Waals surface area contributed by atoms with Gasteiger partial charge in [-0.15, -0.1) is 0 Å². The summed E-state index contributed by atoms with van der Waals surface area (Å²) in [5, 5.41) is 0.684. The molecule has 0 saturated heterocycles. The van der Waals surface area contributed by atoms with E-state index < -0.39 is 5.41 Å². The first-order chi connectivity index (χ1) is 14.6. The normalized spacial score (nSPS) is 15.7. The Morgan fingerprint density at radius 3 is 2.50 bits per heavy atom. The van der Waals surface area contributed by atoms with Gasteiger partial charge in [0.15, 0.2) is 11.5 Å². The van der Waals surface area contributed by atoms with Crippen LogP contribution in [0.1, 0.15) is 24.0 Å². The lowest BCUT2D eigenvalue weighted by Crippen LogP contribution is -2.22. The van der Waals surface area contributed by atoms with E-state index in [1.54, 1.807) is 7.11 Å². The lowest BCUT2D eigenvalue weighted by Gasteiger charge is -2.16. The molecule has 3 aromatic carbocycles. The van der Waals surface area contributed by atoms with E-state index in [0.29, 0.717) is 11.4 Å². The van der Waals surface area contributed by atoms with Crippen molar-refractivity contribution in [3.8, 4) is 28.4 Å². The molecule has 1 saturated carbocycles. The van der Waals surface area contributed by atoms with Gasteiger partial charge in [0.1, 0.15) is 11.5 Å². The van der Waals surface area contributed by atoms with Crippen LogP contribution in [0.3, 0.4) is 0 Å². The number of Topliss-reactive ketones (excluding diaryl/α,β-unsaturated/α-hetero) is 1. The quantitative estimate of drug-likeness (QED) is 0.521. The van der Waals surface area contributed by atoms with Gasteiger partial charge in [-0.1, -0.05) is 35.9 Å². The van der Waals surface area contributed by atoms with Crippen molar-refractivity contribution in [3.05, 3.63) is 76.8 Å². The number of hydrogen-bond donors (Lipinski definition) is 0. The molecule has 5 heteroatoms. The van der Waals surface area contributed by atoms with Crippen LogP contribution in [0.4, 0.5) is 0 Å². The highest BCUT2D eigenvalue weighted by molar-refractivity contribution is 6.30. The number of carbonyl (C=O) groups is 1. The largest absolute Gasteiger partial charge is 0.496 e. The number of ether oxygens (including phenoxy) is 3. The van der Waals surface area contributed by atoms with E-state index in [2.05, 4.69) is 0 Å². The molecule has 1 fully saturated rings. The third-order valence-electron chi connectivity index (χ3n) is 5.99. The van der Waals surface area contributed by atoms with E-state index >= 15 is 0 Å². The van der Waals surface area contributed by atoms with Crippen LogP contribution in [0.15, 0.2) is 60.7 Å². The molecule has 5 rings (SSSR count). The summed E-state index contributed by atoms with van der Waals surface area (Å²) in [6, 6.07) is 19.4. The highest BCUT2D eigenvalue weighted by Crippen LogP contribution is 2.51. The number of hydrogen-bond acceptors (Lipinski definition) is 4. The Labute approximate surface area is 180 Å². The summed E-state index contributed by atoms with van der Waals surface area (Å²) in [5.41, 5.74) is 3.53. The SMILES string of the molecule is COc1ccc(CC(=O)C2(c3ccc4c(c3)OCO4)CC2)cc1-c1ccc(Cl)cc1. The fraction of sp³-hybridized carbons (Fsp3) is 0.240. The van der Waals surface area contributed by atoms with Gasteiger partial charge in [0.25, 0.3) is 0 Å². The zero-order valence-electron chi connectivity index (χ0n) is 16.6. The van der Waals surface area contributed by atoms with E-state index in [9.17, 15) is 4.79 Å². The summed E-state index contributed by atoms with van der Waals surface area (Å²) < 4.78 is 16.4. The number of ketones is 1. The molecule has 0 unspecified atom stereocenters. The fourth-order valence-electron chi connectivity index (χ4n) is 4.12. The molecular weight excluding hydrogens is 400 g/mol. The van der Waals surface area contributed by atoms with Crippen molar-refractivity contribution >= 4 is 17.4 Å². The molecule has 0 bridgehead atoms. The average Bonchev–Trinajstić information content (AvgIpc) is 3.45. The standard InChI is InChI=1S/C25H21ClO4/c1-28-21-8-2-16(12-20(21)17-3-6-19(26)7-4-17)13-24(27)25(10-11-25)18-5-9-22-23(14-18)30-15-29-22/h2-9,12,14H,10-11,13,15H2,1H3. The third kappa shape index (κ3) is 3.31. The van der Waals surface area contributed by atoms with E-state index in [-0.39, 0.29) is 12.6 Å². The molecule has 4 nitrogen and oxygen atoms in total. The van der Waals surface area contributed by atoms with Gasteiger partial charge in [-0.05, 0) is 65.9 Å². The van der Waals surface area contributed by atoms with Gasteiger partial charge in [-0.25, -0.2) is 0 Å². The topological polar surface area (TPSA) is 44.8 Å². The van der Waals surface area contributed by atoms with Crippen LogP contribution in [0.2, 0.25) is 5.02 Å². The molecular formula is C25H21ClO4. The Morgan fingerprint density at radius 2 is 1.77 bits per heavy atom. The molecule has 152 valence electrons. The highest BCUT2D eigenvalue weighted by Gasteiger charge is 2.50. The maximum absolute atomic E-state index is 13.3. The molecule has 1 aliphatic heterocycles. The maximum Gasteiger partial charge on any atom is 0.231 e. The fourth-order valence-corrected chi connectivity index (χ4v) is 4.25. The van der Waals surface area contributed by atoms with Crippen LogP contribution in [0.25, 0.3) is 11.1 Å². The minimum absolute atomic E-state index is 0.230. The summed E-state index contributed by atoms with van der Waals surface area (Å²) in [7, 11) is 1.65. The number of carbonyl (C=O) groups excluding carboxylic acids is 1. The lowest BCUT2D eigenvalue weighted by molar-refractivity contribution is -0.120. The lowest BCUT2D eigenvalue weighted by atomic mass is 9.87. The number of halogens is 1. The second kappa shape index (κ2) is 7.37. The minimum Gasteiger partial charge on any atom is -0.496 e. The van der Waals surface area contributed by atoms with Crippen molar-refractivity contribution in [2.45, 2.75) is 24.7 Å². The van der Waals surface area contributed by atoms with Crippen molar-refractivity contribution in [1.29, 1.82) is 0 Å². The molecule has 0 aromatic heterocycles. The molecule has 0 radical (unpaired) electrons. The number of benzene rings is 3. The second-order valence-electron chi connectivity index (χ2n) is 7.79. The number of rotatable bonds is 6. The Morgan fingerprint density at radius 1 is 1.00 bits per heavy atom. The van der Waals surface area contributed by atoms with Crippen LogP contribution in [-0.2, 0) is 16.6 Å². The van der Waals surface area contributed by atoms with Crippen LogP contribution in [0, 0.1) is 0 Å². The molecule has 1 heterocycles. The van der Waals surface area contributed by atoms with Crippen molar-refractivity contribution in [2.24, 2.45) is 0 Å². The molecule has 30 heavy (non-hydrogen) atoms. The summed E-state index contributed by atoms with van der Waals surface area (Å²) in [6.45, 7) is 0.235. The first kappa shape index (κ1) is 19.0. The molecule has 0 spiro atoms. The van der Waals surface area contributed by atoms with Crippen molar-refractivity contribution in [2.75, 3.05) is 13.9 Å². The zero-order valence-corrected chi connectivity index (χ0v) is 17.4. The Balaban J connectivity index is 1.42. The minimum atomic E-state index is -0.415. The van der Waals surface area contributed by atoms with Gasteiger partial charge >= 0.3 is 0 Å². The number of methoxy groups -OCH3 is 1. The average molecular weight is 421 g/mol. The van der Waals surface area contributed by atoms with Gasteiger partial charge < -0.3 is 14.2 Å². The third-order valence-corrected chi connectivity index (χ3v) is 6.24. The van der Waals surface area contributed by atoms with E-state index in [0.717, 1.165) is 52.3 Å². The second-order valence-corrected chi connectivity index (χ2v) is 8.23. The van der Waals surface area contributed by atoms with E-state index in [1.165, 1.54) is 0 Å². The maximum atomic E-state index is 13.3. The van der Waals surface area contributed by atoms with Crippen LogP contribution >= 0.6 is 11.6 Å². The van der Waals surface area contributed by atoms with Gasteiger partial charge in [0, 0.05) is 17.0 Å². The Bertz CT molecular complexity index is 1120. The van der Waals surface area contributed by atoms with Crippen LogP contribution in [-0.4, -0.2) is 19.7 Å². The van der Waals surface area contributed by atoms with Gasteiger partial charge in [-0.2, -0.15) is 0 Å². The Kier molecular flexibility index (Phi) is 4.67. The smallest absolute Gasteiger partial charge is 0.231 e. The summed E-state index contributed by atoms with van der Waals surface area (Å²) in [6.07, 6.45) is 2.11. The predicted octanol–water partition coefficient (Wildman–Crippen LogP) is 5.59. The molecule has 1 aliphatic carbocycles. The summed E-state index contributed by atoms with van der Waals surface area (Å²) in [4.78, 5) is 13.3. The van der Waals surface area contributed by atoms with E-state index in [4.69, 9.17) is 25.8 Å². The zero-order chi connectivity index (χ0) is 20.7. The Hall–Kier alpha value is -2.98. The molecule has 3 aromatic rings. The monoisotopic (exact) mass is 420 g/mol. The summed E-state index contributed by atoms with van der Waals surface area (Å²) >= 11 is 6.03. The van der Waals surface area contributed by atoms with Gasteiger partial charge in [0.05, 0.1) is 12.5 Å². The van der Waals surface area contributed by atoms with Crippen molar-refractivity contribution in [1.82, 2.24) is 0 Å². The highest BCUT2D eigenvalue weighted by atomic mass is 35.5. The summed E-state index contributed by atoms with van der Waals surface area (Å²) in [5.74, 6) is 2.46. The first-order valence-electron chi connectivity index (χ1n) is 9.95. The molecule has 0 atom stereocenters. The van der Waals surface area contributed by atoms with Crippen molar-refractivity contribution < 1.29 is 19.0 Å². The molecule has 0 amide bonds. The van der Waals surface area contributed by atoms with Crippen LogP contribution in [0.5, 0.6) is 17.2 Å². The molecule has 0 N–H and O–H groups in total. The molecule has 2 aliphatic rings. The van der Waals surface area contributed by atoms with E-state index in [1.807, 2.05) is 60.7 Å². The predicted molar refractivity (Wildman–Crippen MR) is 116 cm³/mol.